The molecule has 0 aliphatic heterocycles. The van der Waals surface area contributed by atoms with Gasteiger partial charge in [-0.2, -0.15) is 11.8 Å². The highest BCUT2D eigenvalue weighted by atomic mass is 32.2. The van der Waals surface area contributed by atoms with E-state index in [2.05, 4.69) is 0 Å². The van der Waals surface area contributed by atoms with Crippen LogP contribution in [0.3, 0.4) is 0 Å². The second-order valence-corrected chi connectivity index (χ2v) is 8.84. The second-order valence-electron chi connectivity index (χ2n) is 7.63. The van der Waals surface area contributed by atoms with Crippen LogP contribution in [0.5, 0.6) is 11.5 Å². The van der Waals surface area contributed by atoms with Gasteiger partial charge in [-0.05, 0) is 25.0 Å². The third-order valence-corrected chi connectivity index (χ3v) is 6.82. The first-order chi connectivity index (χ1) is 14.4. The van der Waals surface area contributed by atoms with E-state index in [0.29, 0.717) is 30.1 Å². The van der Waals surface area contributed by atoms with Crippen LogP contribution in [-0.4, -0.2) is 64.0 Å². The Hall–Kier alpha value is -1.77. The molecular formula is C22H32O7S. The Labute approximate surface area is 181 Å². The number of carbonyl (C=O) groups is 2. The summed E-state index contributed by atoms with van der Waals surface area (Å²) in [6, 6.07) is 7.14. The number of unbranched alkanes of at least 4 members (excludes halogenated alkanes) is 3. The lowest BCUT2D eigenvalue weighted by Crippen LogP contribution is -2.28. The molecule has 0 aromatic heterocycles. The van der Waals surface area contributed by atoms with Crippen molar-refractivity contribution in [3.63, 3.8) is 0 Å². The molecule has 8 heteroatoms. The van der Waals surface area contributed by atoms with E-state index in [1.165, 1.54) is 11.8 Å². The van der Waals surface area contributed by atoms with Crippen molar-refractivity contribution in [3.05, 3.63) is 24.3 Å². The summed E-state index contributed by atoms with van der Waals surface area (Å²) < 4.78 is 10.7. The fourth-order valence-corrected chi connectivity index (χ4v) is 5.00. The van der Waals surface area contributed by atoms with Gasteiger partial charge in [0.25, 0.3) is 0 Å². The third-order valence-electron chi connectivity index (χ3n) is 5.22. The van der Waals surface area contributed by atoms with Gasteiger partial charge in [0.2, 0.25) is 0 Å². The molecule has 0 bridgehead atoms. The molecular weight excluding hydrogens is 408 g/mol. The van der Waals surface area contributed by atoms with Crippen LogP contribution in [0.25, 0.3) is 0 Å². The number of benzene rings is 1. The Balaban J connectivity index is 1.72. The molecule has 30 heavy (non-hydrogen) atoms. The first-order valence-electron chi connectivity index (χ1n) is 10.4. The maximum Gasteiger partial charge on any atom is 0.303 e. The molecule has 2 rings (SSSR count). The van der Waals surface area contributed by atoms with E-state index in [-0.39, 0.29) is 36.4 Å². The number of thioether (sulfide) groups is 1. The summed E-state index contributed by atoms with van der Waals surface area (Å²) in [5.41, 5.74) is 0. The average Bonchev–Trinajstić information content (AvgIpc) is 2.99. The van der Waals surface area contributed by atoms with Crippen LogP contribution in [0, 0.1) is 5.92 Å². The van der Waals surface area contributed by atoms with Gasteiger partial charge >= 0.3 is 5.97 Å². The summed E-state index contributed by atoms with van der Waals surface area (Å²) in [7, 11) is 1.57. The monoisotopic (exact) mass is 440 g/mol. The summed E-state index contributed by atoms with van der Waals surface area (Å²) in [4.78, 5) is 22.8. The molecule has 1 aromatic rings. The lowest BCUT2D eigenvalue weighted by atomic mass is 9.98. The van der Waals surface area contributed by atoms with Gasteiger partial charge in [0.15, 0.2) is 0 Å². The average molecular weight is 441 g/mol. The number of ketones is 1. The van der Waals surface area contributed by atoms with Gasteiger partial charge in [0, 0.05) is 35.8 Å². The van der Waals surface area contributed by atoms with E-state index in [1.54, 1.807) is 19.2 Å². The molecule has 0 spiro atoms. The molecule has 168 valence electrons. The van der Waals surface area contributed by atoms with E-state index in [4.69, 9.17) is 14.6 Å². The van der Waals surface area contributed by atoms with E-state index in [9.17, 15) is 19.8 Å². The lowest BCUT2D eigenvalue weighted by molar-refractivity contribution is -0.137. The molecule has 0 radical (unpaired) electrons. The van der Waals surface area contributed by atoms with Crippen molar-refractivity contribution in [1.29, 1.82) is 0 Å². The van der Waals surface area contributed by atoms with Crippen LogP contribution >= 0.6 is 11.8 Å². The molecule has 0 saturated heterocycles. The highest BCUT2D eigenvalue weighted by molar-refractivity contribution is 8.00. The standard InChI is InChI=1S/C22H32O7S/c1-28-16-7-6-8-17(11-16)29-13-15(23)14-30-22-18(19(24)12-20(22)25)9-4-2-3-5-10-21(26)27/h6-8,11,15,18,20,22-23,25H,2-5,9-10,12-14H2,1H3,(H,26,27)/t15?,18-,20+,22+/m0/s1. The Morgan fingerprint density at radius 2 is 1.97 bits per heavy atom. The number of hydrogen-bond acceptors (Lipinski definition) is 7. The Kier molecular flexibility index (Phi) is 10.5. The highest BCUT2D eigenvalue weighted by Crippen LogP contribution is 2.36. The highest BCUT2D eigenvalue weighted by Gasteiger charge is 2.41. The van der Waals surface area contributed by atoms with E-state index in [0.717, 1.165) is 19.3 Å². The predicted molar refractivity (Wildman–Crippen MR) is 115 cm³/mol. The summed E-state index contributed by atoms with van der Waals surface area (Å²) >= 11 is 1.42. The molecule has 0 heterocycles. The van der Waals surface area contributed by atoms with Gasteiger partial charge in [0.05, 0.1) is 19.3 Å². The van der Waals surface area contributed by atoms with Gasteiger partial charge in [0.1, 0.15) is 23.9 Å². The van der Waals surface area contributed by atoms with Crippen molar-refractivity contribution in [3.8, 4) is 11.5 Å². The van der Waals surface area contributed by atoms with Crippen molar-refractivity contribution in [1.82, 2.24) is 0 Å². The third kappa shape index (κ3) is 8.16. The minimum atomic E-state index is -0.783. The lowest BCUT2D eigenvalue weighted by Gasteiger charge is -2.22. The number of carboxylic acid groups (broad SMARTS) is 1. The molecule has 1 aromatic carbocycles. The fraction of sp³-hybridized carbons (Fsp3) is 0.636. The fourth-order valence-electron chi connectivity index (χ4n) is 3.63. The summed E-state index contributed by atoms with van der Waals surface area (Å²) in [6.45, 7) is 0.116. The predicted octanol–water partition coefficient (Wildman–Crippen LogP) is 2.91. The Bertz CT molecular complexity index is 681. The second kappa shape index (κ2) is 12.8. The van der Waals surface area contributed by atoms with Crippen molar-refractivity contribution in [2.24, 2.45) is 5.92 Å². The van der Waals surface area contributed by atoms with Gasteiger partial charge < -0.3 is 24.8 Å². The number of carbonyl (C=O) groups excluding carboxylic acids is 1. The number of ether oxygens (including phenoxy) is 2. The summed E-state index contributed by atoms with van der Waals surface area (Å²) in [5, 5.41) is 29.0. The quantitative estimate of drug-likeness (QED) is 0.379. The molecule has 1 fully saturated rings. The van der Waals surface area contributed by atoms with Gasteiger partial charge in [-0.25, -0.2) is 0 Å². The topological polar surface area (TPSA) is 113 Å². The number of aliphatic hydroxyl groups is 2. The normalized spacial score (nSPS) is 22.1. The molecule has 1 aliphatic rings. The number of rotatable bonds is 14. The van der Waals surface area contributed by atoms with Crippen molar-refractivity contribution < 1.29 is 34.4 Å². The number of aliphatic hydroxyl groups excluding tert-OH is 2. The van der Waals surface area contributed by atoms with E-state index < -0.39 is 18.2 Å². The van der Waals surface area contributed by atoms with Crippen LogP contribution in [0.2, 0.25) is 0 Å². The number of hydrogen-bond donors (Lipinski definition) is 3. The van der Waals surface area contributed by atoms with Crippen LogP contribution in [0.1, 0.15) is 44.9 Å². The maximum absolute atomic E-state index is 12.3. The molecule has 1 unspecified atom stereocenters. The van der Waals surface area contributed by atoms with Crippen LogP contribution < -0.4 is 9.47 Å². The SMILES string of the molecule is COc1cccc(OCC(O)CS[C@H]2[C@H](O)CC(=O)[C@@H]2CCCCCCC(=O)O)c1. The number of aliphatic carboxylic acids is 1. The Morgan fingerprint density at radius 3 is 2.70 bits per heavy atom. The minimum absolute atomic E-state index is 0.0765. The largest absolute Gasteiger partial charge is 0.497 e. The van der Waals surface area contributed by atoms with Crippen molar-refractivity contribution >= 4 is 23.5 Å². The zero-order valence-electron chi connectivity index (χ0n) is 17.4. The molecule has 1 saturated carbocycles. The minimum Gasteiger partial charge on any atom is -0.497 e. The first-order valence-corrected chi connectivity index (χ1v) is 11.4. The summed E-state index contributed by atoms with van der Waals surface area (Å²) in [6.07, 6.45) is 2.81. The molecule has 3 N–H and O–H groups in total. The summed E-state index contributed by atoms with van der Waals surface area (Å²) in [5.74, 6) is 0.733. The smallest absolute Gasteiger partial charge is 0.303 e. The zero-order valence-corrected chi connectivity index (χ0v) is 18.2. The molecule has 0 amide bonds. The number of methoxy groups -OCH3 is 1. The molecule has 7 nitrogen and oxygen atoms in total. The molecule has 4 atom stereocenters. The molecule has 1 aliphatic carbocycles. The van der Waals surface area contributed by atoms with Crippen molar-refractivity contribution in [2.45, 2.75) is 62.4 Å². The van der Waals surface area contributed by atoms with Gasteiger partial charge in [-0.3, -0.25) is 9.59 Å². The van der Waals surface area contributed by atoms with Gasteiger partial charge in [-0.15, -0.1) is 0 Å². The Morgan fingerprint density at radius 1 is 1.23 bits per heavy atom. The van der Waals surface area contributed by atoms with Crippen molar-refractivity contribution in [2.75, 3.05) is 19.5 Å². The maximum atomic E-state index is 12.3. The van der Waals surface area contributed by atoms with Crippen LogP contribution in [0.15, 0.2) is 24.3 Å². The van der Waals surface area contributed by atoms with E-state index >= 15 is 0 Å². The number of carboxylic acids is 1. The van der Waals surface area contributed by atoms with Crippen LogP contribution in [0.4, 0.5) is 0 Å². The van der Waals surface area contributed by atoms with E-state index in [1.807, 2.05) is 12.1 Å². The van der Waals surface area contributed by atoms with Gasteiger partial charge in [-0.1, -0.05) is 25.3 Å². The first kappa shape index (κ1) is 24.5. The number of Topliss-reactive ketones (excluding diaryl/α,β-unsaturated/α-hetero) is 1. The zero-order chi connectivity index (χ0) is 21.9. The van der Waals surface area contributed by atoms with Crippen LogP contribution in [-0.2, 0) is 9.59 Å².